The summed E-state index contributed by atoms with van der Waals surface area (Å²) >= 11 is 12.3. The number of carbonyl (C=O) groups is 1. The van der Waals surface area contributed by atoms with Crippen LogP contribution < -0.4 is 14.4 Å². The van der Waals surface area contributed by atoms with E-state index in [1.807, 2.05) is 24.3 Å². The third kappa shape index (κ3) is 5.58. The number of sulfonamides is 1. The molecule has 9 heteroatoms. The number of rotatable bonds is 8. The first-order valence-electron chi connectivity index (χ1n) is 11.1. The van der Waals surface area contributed by atoms with Crippen molar-refractivity contribution >= 4 is 44.8 Å². The average molecular weight is 513 g/mol. The SMILES string of the molecule is CC[C@@H](C(=O)N[C@H]1CC(CC)(CC)Oc2ccccc21)N(c1cc(Cl)cc(Cl)c1)S(C)(=O)=O. The molecule has 0 saturated carbocycles. The lowest BCUT2D eigenvalue weighted by molar-refractivity contribution is -0.123. The predicted octanol–water partition coefficient (Wildman–Crippen LogP) is 5.74. The number of amides is 1. The Hall–Kier alpha value is -1.96. The van der Waals surface area contributed by atoms with Crippen LogP contribution >= 0.6 is 23.2 Å². The Morgan fingerprint density at radius 1 is 1.15 bits per heavy atom. The third-order valence-electron chi connectivity index (χ3n) is 6.23. The zero-order chi connectivity index (χ0) is 24.4. The number of fused-ring (bicyclic) bond motifs is 1. The normalized spacial score (nSPS) is 18.1. The highest BCUT2D eigenvalue weighted by atomic mass is 35.5. The average Bonchev–Trinajstić information content (AvgIpc) is 2.75. The van der Waals surface area contributed by atoms with E-state index in [9.17, 15) is 13.2 Å². The van der Waals surface area contributed by atoms with Crippen LogP contribution in [0.1, 0.15) is 58.1 Å². The van der Waals surface area contributed by atoms with Crippen molar-refractivity contribution in [3.05, 3.63) is 58.1 Å². The number of halogens is 2. The van der Waals surface area contributed by atoms with Gasteiger partial charge in [0.05, 0.1) is 18.0 Å². The van der Waals surface area contributed by atoms with E-state index in [1.54, 1.807) is 6.92 Å². The topological polar surface area (TPSA) is 75.7 Å². The summed E-state index contributed by atoms with van der Waals surface area (Å²) in [6, 6.07) is 10.9. The number of hydrogen-bond donors (Lipinski definition) is 1. The van der Waals surface area contributed by atoms with Gasteiger partial charge in [-0.25, -0.2) is 8.42 Å². The molecule has 1 aliphatic rings. The Balaban J connectivity index is 1.98. The van der Waals surface area contributed by atoms with E-state index in [1.165, 1.54) is 18.2 Å². The molecule has 180 valence electrons. The van der Waals surface area contributed by atoms with Crippen LogP contribution in [0.4, 0.5) is 5.69 Å². The molecule has 2 aromatic carbocycles. The molecule has 1 aliphatic heterocycles. The van der Waals surface area contributed by atoms with E-state index in [0.29, 0.717) is 6.42 Å². The molecule has 0 bridgehead atoms. The fourth-order valence-corrected chi connectivity index (χ4v) is 6.13. The summed E-state index contributed by atoms with van der Waals surface area (Å²) in [5, 5.41) is 3.68. The first kappa shape index (κ1) is 25.7. The van der Waals surface area contributed by atoms with Gasteiger partial charge in [0.2, 0.25) is 15.9 Å². The van der Waals surface area contributed by atoms with Crippen LogP contribution in [0.15, 0.2) is 42.5 Å². The van der Waals surface area contributed by atoms with Gasteiger partial charge in [-0.3, -0.25) is 9.10 Å². The molecule has 0 radical (unpaired) electrons. The first-order chi connectivity index (χ1) is 15.5. The number of para-hydroxylation sites is 1. The monoisotopic (exact) mass is 512 g/mol. The van der Waals surface area contributed by atoms with Gasteiger partial charge in [0.1, 0.15) is 17.4 Å². The maximum atomic E-state index is 13.5. The fourth-order valence-electron chi connectivity index (χ4n) is 4.42. The van der Waals surface area contributed by atoms with Crippen molar-refractivity contribution in [1.29, 1.82) is 0 Å². The number of nitrogens with one attached hydrogen (secondary N) is 1. The van der Waals surface area contributed by atoms with Gasteiger partial charge >= 0.3 is 0 Å². The van der Waals surface area contributed by atoms with E-state index < -0.39 is 21.7 Å². The molecule has 33 heavy (non-hydrogen) atoms. The number of benzene rings is 2. The lowest BCUT2D eigenvalue weighted by Crippen LogP contribution is -2.52. The molecule has 1 N–H and O–H groups in total. The number of ether oxygens (including phenoxy) is 1. The predicted molar refractivity (Wildman–Crippen MR) is 134 cm³/mol. The molecule has 2 atom stereocenters. The van der Waals surface area contributed by atoms with Gasteiger partial charge in [0.15, 0.2) is 0 Å². The minimum atomic E-state index is -3.81. The second-order valence-electron chi connectivity index (χ2n) is 8.41. The van der Waals surface area contributed by atoms with Crippen LogP contribution in [-0.4, -0.2) is 32.2 Å². The Morgan fingerprint density at radius 3 is 2.30 bits per heavy atom. The maximum Gasteiger partial charge on any atom is 0.244 e. The van der Waals surface area contributed by atoms with Gasteiger partial charge in [0.25, 0.3) is 0 Å². The maximum absolute atomic E-state index is 13.5. The molecule has 3 rings (SSSR count). The summed E-state index contributed by atoms with van der Waals surface area (Å²) < 4.78 is 33.0. The van der Waals surface area contributed by atoms with Crippen molar-refractivity contribution in [2.24, 2.45) is 0 Å². The summed E-state index contributed by atoms with van der Waals surface area (Å²) in [7, 11) is -3.81. The van der Waals surface area contributed by atoms with Crippen LogP contribution in [0.5, 0.6) is 5.75 Å². The highest BCUT2D eigenvalue weighted by Crippen LogP contribution is 2.42. The summed E-state index contributed by atoms with van der Waals surface area (Å²) in [6.45, 7) is 5.91. The molecule has 2 aromatic rings. The number of nitrogens with zero attached hydrogens (tertiary/aromatic N) is 1. The van der Waals surface area contributed by atoms with E-state index in [0.717, 1.165) is 34.7 Å². The summed E-state index contributed by atoms with van der Waals surface area (Å²) in [5.74, 6) is 0.356. The van der Waals surface area contributed by atoms with E-state index >= 15 is 0 Å². The zero-order valence-corrected chi connectivity index (χ0v) is 21.6. The minimum absolute atomic E-state index is 0.251. The van der Waals surface area contributed by atoms with E-state index in [2.05, 4.69) is 19.2 Å². The number of carbonyl (C=O) groups excluding carboxylic acids is 1. The Kier molecular flexibility index (Phi) is 7.87. The molecular weight excluding hydrogens is 483 g/mol. The molecule has 0 saturated heterocycles. The first-order valence-corrected chi connectivity index (χ1v) is 13.7. The van der Waals surface area contributed by atoms with Crippen molar-refractivity contribution < 1.29 is 17.9 Å². The largest absolute Gasteiger partial charge is 0.487 e. The molecule has 0 aliphatic carbocycles. The smallest absolute Gasteiger partial charge is 0.244 e. The van der Waals surface area contributed by atoms with Gasteiger partial charge in [-0.05, 0) is 43.5 Å². The molecule has 1 amide bonds. The lowest BCUT2D eigenvalue weighted by atomic mass is 9.83. The van der Waals surface area contributed by atoms with Gasteiger partial charge < -0.3 is 10.1 Å². The highest BCUT2D eigenvalue weighted by molar-refractivity contribution is 7.92. The molecule has 1 heterocycles. The molecule has 0 aromatic heterocycles. The standard InChI is InChI=1S/C24H30Cl2N2O4S/c1-5-21(28(33(4,30)31)18-13-16(25)12-17(26)14-18)23(29)27-20-15-24(6-2,7-3)32-22-11-9-8-10-19(20)22/h8-14,20-21H,5-7,15H2,1-4H3,(H,27,29)/t20-,21-/m0/s1. The van der Waals surface area contributed by atoms with E-state index in [4.69, 9.17) is 27.9 Å². The number of hydrogen-bond acceptors (Lipinski definition) is 4. The highest BCUT2D eigenvalue weighted by Gasteiger charge is 2.40. The zero-order valence-electron chi connectivity index (χ0n) is 19.3. The Morgan fingerprint density at radius 2 is 1.76 bits per heavy atom. The molecule has 0 unspecified atom stereocenters. The quantitative estimate of drug-likeness (QED) is 0.489. The molecule has 0 fully saturated rings. The van der Waals surface area contributed by atoms with Crippen LogP contribution in [0.25, 0.3) is 0 Å². The van der Waals surface area contributed by atoms with Gasteiger partial charge in [0, 0.05) is 22.0 Å². The van der Waals surface area contributed by atoms with Crippen LogP contribution in [0.3, 0.4) is 0 Å². The molecular formula is C24H30Cl2N2O4S. The van der Waals surface area contributed by atoms with Crippen molar-refractivity contribution in [2.75, 3.05) is 10.6 Å². The van der Waals surface area contributed by atoms with Crippen molar-refractivity contribution in [3.63, 3.8) is 0 Å². The molecule has 6 nitrogen and oxygen atoms in total. The van der Waals surface area contributed by atoms with Crippen LogP contribution in [-0.2, 0) is 14.8 Å². The third-order valence-corrected chi connectivity index (χ3v) is 7.85. The van der Waals surface area contributed by atoms with Crippen molar-refractivity contribution in [1.82, 2.24) is 5.32 Å². The van der Waals surface area contributed by atoms with Gasteiger partial charge in [-0.2, -0.15) is 0 Å². The van der Waals surface area contributed by atoms with Gasteiger partial charge in [-0.15, -0.1) is 0 Å². The summed E-state index contributed by atoms with van der Waals surface area (Å²) in [4.78, 5) is 13.5. The van der Waals surface area contributed by atoms with Gasteiger partial charge in [-0.1, -0.05) is 62.2 Å². The second kappa shape index (κ2) is 10.1. The van der Waals surface area contributed by atoms with E-state index in [-0.39, 0.29) is 34.1 Å². The Labute approximate surface area is 206 Å². The van der Waals surface area contributed by atoms with Crippen LogP contribution in [0, 0.1) is 0 Å². The molecule has 0 spiro atoms. The summed E-state index contributed by atoms with van der Waals surface area (Å²) in [5.41, 5.74) is 0.737. The minimum Gasteiger partial charge on any atom is -0.487 e. The van der Waals surface area contributed by atoms with Crippen LogP contribution in [0.2, 0.25) is 10.0 Å². The number of anilines is 1. The van der Waals surface area contributed by atoms with Crippen molar-refractivity contribution in [2.45, 2.75) is 64.1 Å². The van der Waals surface area contributed by atoms with Crippen molar-refractivity contribution in [3.8, 4) is 5.75 Å². The Bertz CT molecular complexity index is 1100. The lowest BCUT2D eigenvalue weighted by Gasteiger charge is -2.42. The summed E-state index contributed by atoms with van der Waals surface area (Å²) in [6.07, 6.45) is 3.51. The fraction of sp³-hybridized carbons (Fsp3) is 0.458. The second-order valence-corrected chi connectivity index (χ2v) is 11.1.